The molecule has 2 nitrogen and oxygen atoms in total. The normalized spacial score (nSPS) is 27.9. The third-order valence-corrected chi connectivity index (χ3v) is 3.73. The van der Waals surface area contributed by atoms with Crippen molar-refractivity contribution in [1.82, 2.24) is 4.98 Å². The zero-order valence-electron chi connectivity index (χ0n) is 8.39. The zero-order chi connectivity index (χ0) is 11.4. The number of nitrogens with zero attached hydrogens (tertiary/aromatic N) is 1. The topological polar surface area (TPSA) is 38.9 Å². The number of nitrogens with two attached hydrogens (primary N) is 1. The monoisotopic (exact) mass is 248 g/mol. The van der Waals surface area contributed by atoms with Crippen molar-refractivity contribution >= 4 is 23.2 Å². The summed E-state index contributed by atoms with van der Waals surface area (Å²) in [5, 5.41) is 0.0446. The molecule has 2 atom stereocenters. The van der Waals surface area contributed by atoms with Crippen molar-refractivity contribution in [2.24, 2.45) is 11.1 Å². The van der Waals surface area contributed by atoms with Gasteiger partial charge in [-0.2, -0.15) is 0 Å². The lowest BCUT2D eigenvalue weighted by molar-refractivity contribution is 0.592. The Morgan fingerprint density at radius 1 is 1.40 bits per heavy atom. The average Bonchev–Trinajstić information content (AvgIpc) is 2.60. The van der Waals surface area contributed by atoms with Crippen LogP contribution in [0.1, 0.15) is 25.3 Å². The van der Waals surface area contributed by atoms with E-state index in [1.807, 2.05) is 13.8 Å². The Morgan fingerprint density at radius 2 is 1.93 bits per heavy atom. The van der Waals surface area contributed by atoms with Crippen LogP contribution < -0.4 is 5.73 Å². The van der Waals surface area contributed by atoms with Gasteiger partial charge in [0.15, 0.2) is 11.0 Å². The number of halogens is 3. The van der Waals surface area contributed by atoms with Crippen LogP contribution in [0.3, 0.4) is 0 Å². The van der Waals surface area contributed by atoms with E-state index in [2.05, 4.69) is 4.98 Å². The third kappa shape index (κ3) is 1.63. The molecule has 0 spiro atoms. The number of hydrogen-bond donors (Lipinski definition) is 1. The molecule has 5 heteroatoms. The van der Waals surface area contributed by atoms with Crippen LogP contribution in [0.15, 0.2) is 6.07 Å². The summed E-state index contributed by atoms with van der Waals surface area (Å²) in [5.41, 5.74) is 6.49. The molecule has 0 amide bonds. The summed E-state index contributed by atoms with van der Waals surface area (Å²) in [5.74, 6) is -0.491. The standard InChI is InChI=1S/C10H11Cl2FN2/c1-10(2)6(7(10)14)4-3-5(13)9(12)15-8(4)11/h3,6-7H,14H2,1-2H3. The molecule has 1 saturated carbocycles. The average molecular weight is 249 g/mol. The van der Waals surface area contributed by atoms with Gasteiger partial charge in [-0.05, 0) is 17.0 Å². The smallest absolute Gasteiger partial charge is 0.166 e. The highest BCUT2D eigenvalue weighted by Gasteiger charge is 2.57. The summed E-state index contributed by atoms with van der Waals surface area (Å²) in [4.78, 5) is 3.73. The second kappa shape index (κ2) is 3.30. The second-order valence-electron chi connectivity index (χ2n) is 4.47. The molecule has 0 aliphatic heterocycles. The van der Waals surface area contributed by atoms with Crippen molar-refractivity contribution in [1.29, 1.82) is 0 Å². The number of aromatic nitrogens is 1. The summed E-state index contributed by atoms with van der Waals surface area (Å²) in [6.07, 6.45) is 0. The van der Waals surface area contributed by atoms with Crippen LogP contribution in [0.2, 0.25) is 10.3 Å². The first-order chi connectivity index (χ1) is 6.85. The predicted octanol–water partition coefficient (Wildman–Crippen LogP) is 2.98. The molecule has 0 aromatic carbocycles. The maximum absolute atomic E-state index is 13.2. The first-order valence-electron chi connectivity index (χ1n) is 4.62. The SMILES string of the molecule is CC1(C)C(N)C1c1cc(F)c(Cl)nc1Cl. The van der Waals surface area contributed by atoms with E-state index in [1.54, 1.807) is 0 Å². The molecule has 1 aliphatic carbocycles. The first kappa shape index (κ1) is 11.1. The minimum Gasteiger partial charge on any atom is -0.327 e. The third-order valence-electron chi connectivity index (χ3n) is 3.16. The van der Waals surface area contributed by atoms with Crippen LogP contribution in [0.4, 0.5) is 4.39 Å². The fourth-order valence-corrected chi connectivity index (χ4v) is 2.39. The molecule has 0 saturated heterocycles. The highest BCUT2D eigenvalue weighted by atomic mass is 35.5. The summed E-state index contributed by atoms with van der Waals surface area (Å²) < 4.78 is 13.2. The molecule has 1 heterocycles. The van der Waals surface area contributed by atoms with Gasteiger partial charge in [-0.15, -0.1) is 0 Å². The number of pyridine rings is 1. The Morgan fingerprint density at radius 3 is 2.40 bits per heavy atom. The molecule has 2 rings (SSSR count). The van der Waals surface area contributed by atoms with Crippen molar-refractivity contribution in [3.63, 3.8) is 0 Å². The molecular formula is C10H11Cl2FN2. The summed E-state index contributed by atoms with van der Waals surface area (Å²) in [6, 6.07) is 1.33. The van der Waals surface area contributed by atoms with Crippen molar-refractivity contribution < 1.29 is 4.39 Å². The molecule has 1 aromatic heterocycles. The van der Waals surface area contributed by atoms with Gasteiger partial charge in [-0.3, -0.25) is 0 Å². The van der Waals surface area contributed by atoms with Gasteiger partial charge in [0.1, 0.15) is 5.15 Å². The highest BCUT2D eigenvalue weighted by molar-refractivity contribution is 6.33. The summed E-state index contributed by atoms with van der Waals surface area (Å²) >= 11 is 11.4. The van der Waals surface area contributed by atoms with Crippen LogP contribution in [-0.4, -0.2) is 11.0 Å². The minimum atomic E-state index is -0.550. The summed E-state index contributed by atoms with van der Waals surface area (Å²) in [6.45, 7) is 4.04. The molecule has 82 valence electrons. The molecule has 1 fully saturated rings. The van der Waals surface area contributed by atoms with Gasteiger partial charge in [0.2, 0.25) is 0 Å². The van der Waals surface area contributed by atoms with Crippen LogP contribution >= 0.6 is 23.2 Å². The van der Waals surface area contributed by atoms with Crippen molar-refractivity contribution in [2.45, 2.75) is 25.8 Å². The molecule has 0 bridgehead atoms. The van der Waals surface area contributed by atoms with E-state index >= 15 is 0 Å². The lowest BCUT2D eigenvalue weighted by Crippen LogP contribution is -2.06. The Kier molecular flexibility index (Phi) is 2.45. The zero-order valence-corrected chi connectivity index (χ0v) is 9.90. The molecule has 15 heavy (non-hydrogen) atoms. The largest absolute Gasteiger partial charge is 0.327 e. The van der Waals surface area contributed by atoms with Gasteiger partial charge >= 0.3 is 0 Å². The summed E-state index contributed by atoms with van der Waals surface area (Å²) in [7, 11) is 0. The van der Waals surface area contributed by atoms with E-state index in [0.29, 0.717) is 5.56 Å². The van der Waals surface area contributed by atoms with E-state index in [-0.39, 0.29) is 27.7 Å². The van der Waals surface area contributed by atoms with Crippen molar-refractivity contribution in [3.8, 4) is 0 Å². The molecule has 1 aromatic rings. The lowest BCUT2D eigenvalue weighted by Gasteiger charge is -2.05. The van der Waals surface area contributed by atoms with Crippen molar-refractivity contribution in [2.75, 3.05) is 0 Å². The Balaban J connectivity index is 2.43. The fraction of sp³-hybridized carbons (Fsp3) is 0.500. The van der Waals surface area contributed by atoms with Gasteiger partial charge in [0.05, 0.1) is 0 Å². The van der Waals surface area contributed by atoms with Gasteiger partial charge < -0.3 is 5.73 Å². The van der Waals surface area contributed by atoms with E-state index < -0.39 is 5.82 Å². The van der Waals surface area contributed by atoms with Gasteiger partial charge in [0, 0.05) is 12.0 Å². The van der Waals surface area contributed by atoms with E-state index in [4.69, 9.17) is 28.9 Å². The molecular weight excluding hydrogens is 238 g/mol. The van der Waals surface area contributed by atoms with E-state index in [0.717, 1.165) is 0 Å². The first-order valence-corrected chi connectivity index (χ1v) is 5.38. The minimum absolute atomic E-state index is 0.00243. The Bertz CT molecular complexity index is 420. The van der Waals surface area contributed by atoms with Crippen LogP contribution in [-0.2, 0) is 0 Å². The lowest BCUT2D eigenvalue weighted by atomic mass is 10.0. The highest BCUT2D eigenvalue weighted by Crippen LogP contribution is 2.58. The van der Waals surface area contributed by atoms with Crippen LogP contribution in [0, 0.1) is 11.2 Å². The molecule has 2 unspecified atom stereocenters. The Labute approximate surface area is 97.6 Å². The number of hydrogen-bond acceptors (Lipinski definition) is 2. The van der Waals surface area contributed by atoms with Gasteiger partial charge in [0.25, 0.3) is 0 Å². The van der Waals surface area contributed by atoms with E-state index in [9.17, 15) is 4.39 Å². The Hall–Kier alpha value is -0.380. The fourth-order valence-electron chi connectivity index (χ4n) is 1.95. The van der Waals surface area contributed by atoms with Crippen LogP contribution in [0.5, 0.6) is 0 Å². The maximum Gasteiger partial charge on any atom is 0.166 e. The van der Waals surface area contributed by atoms with Crippen molar-refractivity contribution in [3.05, 3.63) is 27.8 Å². The van der Waals surface area contributed by atoms with Crippen LogP contribution in [0.25, 0.3) is 0 Å². The predicted molar refractivity (Wildman–Crippen MR) is 58.7 cm³/mol. The second-order valence-corrected chi connectivity index (χ2v) is 5.18. The quantitative estimate of drug-likeness (QED) is 0.777. The van der Waals surface area contributed by atoms with Gasteiger partial charge in [-0.25, -0.2) is 9.37 Å². The number of rotatable bonds is 1. The molecule has 0 radical (unpaired) electrons. The molecule has 2 N–H and O–H groups in total. The van der Waals surface area contributed by atoms with E-state index in [1.165, 1.54) is 6.07 Å². The molecule has 1 aliphatic rings. The van der Waals surface area contributed by atoms with Gasteiger partial charge in [-0.1, -0.05) is 37.0 Å². The maximum atomic E-state index is 13.2.